The standard InChI is InChI=1S/C26H28N2O8.C4H10.C2H6/c1-5-17-10-18(13-29)20(11-22(17)33-4)19-8-9-21(24(30)27-12-16-6-7-16)28-23(19)25(31)34-14-35-26(32)36-15(2)3;1-3-4-2;1-2/h5,8-11,13,15-16H,1,6-7,12,14H2,2-4H3,(H,27,30);3-4H2,1-2H3;1-2H3. The van der Waals surface area contributed by atoms with Crippen molar-refractivity contribution in [3.8, 4) is 16.9 Å². The van der Waals surface area contributed by atoms with E-state index in [1.807, 2.05) is 13.8 Å². The van der Waals surface area contributed by atoms with E-state index >= 15 is 0 Å². The van der Waals surface area contributed by atoms with Crippen molar-refractivity contribution < 1.29 is 38.1 Å². The van der Waals surface area contributed by atoms with E-state index in [4.69, 9.17) is 18.9 Å². The maximum Gasteiger partial charge on any atom is 0.511 e. The van der Waals surface area contributed by atoms with Crippen molar-refractivity contribution in [3.05, 3.63) is 53.4 Å². The number of nitrogens with one attached hydrogen (secondary N) is 1. The molecule has 0 spiro atoms. The van der Waals surface area contributed by atoms with Gasteiger partial charge in [0, 0.05) is 23.2 Å². The average Bonchev–Trinajstić information content (AvgIpc) is 3.84. The van der Waals surface area contributed by atoms with Crippen molar-refractivity contribution >= 4 is 30.4 Å². The van der Waals surface area contributed by atoms with Crippen molar-refractivity contribution in [2.45, 2.75) is 73.3 Å². The fourth-order valence-electron chi connectivity index (χ4n) is 3.32. The molecule has 42 heavy (non-hydrogen) atoms. The summed E-state index contributed by atoms with van der Waals surface area (Å²) < 4.78 is 20.0. The highest BCUT2D eigenvalue weighted by Crippen LogP contribution is 2.33. The minimum atomic E-state index is -1.01. The number of carbonyl (C=O) groups excluding carboxylic acids is 4. The molecule has 0 radical (unpaired) electrons. The zero-order valence-electron chi connectivity index (χ0n) is 25.8. The zero-order valence-corrected chi connectivity index (χ0v) is 25.8. The van der Waals surface area contributed by atoms with Gasteiger partial charge in [-0.25, -0.2) is 14.6 Å². The van der Waals surface area contributed by atoms with Crippen LogP contribution in [0.4, 0.5) is 4.79 Å². The second-order valence-electron chi connectivity index (χ2n) is 9.36. The average molecular weight is 585 g/mol. The second-order valence-corrected chi connectivity index (χ2v) is 9.36. The lowest BCUT2D eigenvalue weighted by atomic mass is 9.95. The van der Waals surface area contributed by atoms with E-state index in [0.717, 1.165) is 12.8 Å². The summed E-state index contributed by atoms with van der Waals surface area (Å²) in [6.07, 6.45) is 5.48. The van der Waals surface area contributed by atoms with Gasteiger partial charge >= 0.3 is 12.1 Å². The molecule has 3 rings (SSSR count). The van der Waals surface area contributed by atoms with E-state index in [1.54, 1.807) is 26.0 Å². The molecule has 0 aliphatic heterocycles. The summed E-state index contributed by atoms with van der Waals surface area (Å²) in [6.45, 7) is 15.1. The molecule has 1 aliphatic carbocycles. The lowest BCUT2D eigenvalue weighted by molar-refractivity contribution is -0.0347. The first-order chi connectivity index (χ1) is 20.2. The Bertz CT molecular complexity index is 1200. The van der Waals surface area contributed by atoms with Gasteiger partial charge in [0.2, 0.25) is 6.79 Å². The van der Waals surface area contributed by atoms with Gasteiger partial charge in [-0.15, -0.1) is 0 Å². The minimum absolute atomic E-state index is 0.00573. The molecule has 1 amide bonds. The van der Waals surface area contributed by atoms with E-state index in [1.165, 1.54) is 38.2 Å². The number of pyridine rings is 1. The first-order valence-corrected chi connectivity index (χ1v) is 14.3. The lowest BCUT2D eigenvalue weighted by Crippen LogP contribution is -2.27. The summed E-state index contributed by atoms with van der Waals surface area (Å²) in [5.41, 5.74) is 1.12. The number of benzene rings is 1. The van der Waals surface area contributed by atoms with Crippen LogP contribution in [0.2, 0.25) is 0 Å². The van der Waals surface area contributed by atoms with Crippen LogP contribution < -0.4 is 10.1 Å². The third-order valence-corrected chi connectivity index (χ3v) is 5.81. The van der Waals surface area contributed by atoms with E-state index in [2.05, 4.69) is 30.7 Å². The number of aldehydes is 1. The number of methoxy groups -OCH3 is 1. The quantitative estimate of drug-likeness (QED) is 0.161. The van der Waals surface area contributed by atoms with Crippen LogP contribution >= 0.6 is 0 Å². The highest BCUT2D eigenvalue weighted by Gasteiger charge is 2.25. The Labute approximate surface area is 248 Å². The Hall–Kier alpha value is -4.21. The number of ether oxygens (including phenoxy) is 4. The molecule has 0 unspecified atom stereocenters. The normalized spacial score (nSPS) is 11.5. The molecule has 1 heterocycles. The molecule has 0 saturated heterocycles. The zero-order chi connectivity index (χ0) is 31.7. The fraction of sp³-hybridized carbons (Fsp3) is 0.469. The Morgan fingerprint density at radius 2 is 1.71 bits per heavy atom. The van der Waals surface area contributed by atoms with E-state index < -0.39 is 30.9 Å². The molecular formula is C32H44N2O8. The van der Waals surface area contributed by atoms with Gasteiger partial charge in [0.15, 0.2) is 12.0 Å². The molecule has 1 aromatic heterocycles. The lowest BCUT2D eigenvalue weighted by Gasteiger charge is -2.15. The van der Waals surface area contributed by atoms with Crippen LogP contribution in [0.25, 0.3) is 17.2 Å². The summed E-state index contributed by atoms with van der Waals surface area (Å²) in [6, 6.07) is 6.08. The number of rotatable bonds is 12. The number of esters is 1. The molecule has 0 bridgehead atoms. The molecule has 2 aromatic rings. The van der Waals surface area contributed by atoms with E-state index in [-0.39, 0.29) is 22.5 Å². The highest BCUT2D eigenvalue weighted by atomic mass is 16.8. The fourth-order valence-corrected chi connectivity index (χ4v) is 3.32. The molecule has 0 atom stereocenters. The predicted molar refractivity (Wildman–Crippen MR) is 162 cm³/mol. The van der Waals surface area contributed by atoms with Crippen molar-refractivity contribution in [1.82, 2.24) is 10.3 Å². The van der Waals surface area contributed by atoms with Gasteiger partial charge in [-0.05, 0) is 62.4 Å². The third kappa shape index (κ3) is 11.3. The van der Waals surface area contributed by atoms with Crippen LogP contribution in [0.5, 0.6) is 5.75 Å². The molecule has 1 saturated carbocycles. The van der Waals surface area contributed by atoms with E-state index in [9.17, 15) is 19.2 Å². The summed E-state index contributed by atoms with van der Waals surface area (Å²) in [7, 11) is 1.46. The van der Waals surface area contributed by atoms with Crippen LogP contribution in [0.3, 0.4) is 0 Å². The number of aromatic nitrogens is 1. The smallest absolute Gasteiger partial charge is 0.496 e. The van der Waals surface area contributed by atoms with Gasteiger partial charge in [-0.2, -0.15) is 0 Å². The number of nitrogens with zero attached hydrogens (tertiary/aromatic N) is 1. The molecule has 10 heteroatoms. The molecule has 230 valence electrons. The first kappa shape index (κ1) is 35.8. The Kier molecular flexibility index (Phi) is 16.2. The number of carbonyl (C=O) groups is 4. The van der Waals surface area contributed by atoms with Crippen LogP contribution in [0, 0.1) is 5.92 Å². The number of hydrogen-bond acceptors (Lipinski definition) is 9. The number of hydrogen-bond donors (Lipinski definition) is 1. The SMILES string of the molecule is C=Cc1cc(C=O)c(-c2ccc(C(=O)NCC3CC3)nc2C(=O)OCOC(=O)OC(C)C)cc1OC.CC.CCCC. The van der Waals surface area contributed by atoms with Gasteiger partial charge in [0.1, 0.15) is 11.4 Å². The van der Waals surface area contributed by atoms with Crippen LogP contribution in [-0.4, -0.2) is 55.9 Å². The third-order valence-electron chi connectivity index (χ3n) is 5.81. The predicted octanol–water partition coefficient (Wildman–Crippen LogP) is 6.86. The van der Waals surface area contributed by atoms with Crippen LogP contribution in [0.15, 0.2) is 30.8 Å². The maximum absolute atomic E-state index is 13.0. The summed E-state index contributed by atoms with van der Waals surface area (Å²) in [5, 5.41) is 2.79. The first-order valence-electron chi connectivity index (χ1n) is 14.3. The van der Waals surface area contributed by atoms with E-state index in [0.29, 0.717) is 35.6 Å². The summed E-state index contributed by atoms with van der Waals surface area (Å²) >= 11 is 0. The summed E-state index contributed by atoms with van der Waals surface area (Å²) in [5.74, 6) is -0.556. The van der Waals surface area contributed by atoms with Gasteiger partial charge in [-0.1, -0.05) is 53.2 Å². The summed E-state index contributed by atoms with van der Waals surface area (Å²) in [4.78, 5) is 53.3. The molecule has 1 aliphatic rings. The van der Waals surface area contributed by atoms with Gasteiger partial charge in [0.25, 0.3) is 5.91 Å². The topological polar surface area (TPSA) is 130 Å². The van der Waals surface area contributed by atoms with Gasteiger partial charge in [-0.3, -0.25) is 9.59 Å². The monoisotopic (exact) mass is 584 g/mol. The Morgan fingerprint density at radius 1 is 1.05 bits per heavy atom. The van der Waals surface area contributed by atoms with Crippen molar-refractivity contribution in [2.24, 2.45) is 5.92 Å². The van der Waals surface area contributed by atoms with Crippen molar-refractivity contribution in [3.63, 3.8) is 0 Å². The molecule has 1 aromatic carbocycles. The molecule has 1 fully saturated rings. The van der Waals surface area contributed by atoms with Crippen LogP contribution in [-0.2, 0) is 14.2 Å². The largest absolute Gasteiger partial charge is 0.511 e. The number of amides is 1. The van der Waals surface area contributed by atoms with Gasteiger partial charge in [0.05, 0.1) is 13.2 Å². The molecule has 10 nitrogen and oxygen atoms in total. The van der Waals surface area contributed by atoms with Crippen LogP contribution in [0.1, 0.15) is 104 Å². The molecular weight excluding hydrogens is 540 g/mol. The van der Waals surface area contributed by atoms with Gasteiger partial charge < -0.3 is 24.3 Å². The minimum Gasteiger partial charge on any atom is -0.496 e. The Morgan fingerprint density at radius 3 is 2.24 bits per heavy atom. The molecule has 1 N–H and O–H groups in total. The Balaban J connectivity index is 0.00000135. The second kappa shape index (κ2) is 19.0. The maximum atomic E-state index is 13.0. The highest BCUT2D eigenvalue weighted by molar-refractivity contribution is 6.01. The number of unbranched alkanes of at least 4 members (excludes halogenated alkanes) is 1. The van der Waals surface area contributed by atoms with Crippen molar-refractivity contribution in [1.29, 1.82) is 0 Å². The van der Waals surface area contributed by atoms with Crippen molar-refractivity contribution in [2.75, 3.05) is 20.4 Å².